The summed E-state index contributed by atoms with van der Waals surface area (Å²) >= 11 is 0. The van der Waals surface area contributed by atoms with Crippen molar-refractivity contribution in [3.63, 3.8) is 0 Å². The molecule has 1 aromatic rings. The zero-order valence-corrected chi connectivity index (χ0v) is 9.53. The highest BCUT2D eigenvalue weighted by molar-refractivity contribution is 5.75. The van der Waals surface area contributed by atoms with E-state index in [0.717, 1.165) is 12.2 Å². The molecule has 3 N–H and O–H groups in total. The zero-order valence-electron chi connectivity index (χ0n) is 9.53. The van der Waals surface area contributed by atoms with Gasteiger partial charge in [-0.05, 0) is 30.5 Å². The molecule has 16 heavy (non-hydrogen) atoms. The molecule has 0 saturated carbocycles. The first-order valence-corrected chi connectivity index (χ1v) is 5.47. The van der Waals surface area contributed by atoms with E-state index < -0.39 is 0 Å². The summed E-state index contributed by atoms with van der Waals surface area (Å²) in [6.45, 7) is 2.64. The molecule has 0 radical (unpaired) electrons. The fourth-order valence-electron chi connectivity index (χ4n) is 1.32. The minimum atomic E-state index is -0.162. The van der Waals surface area contributed by atoms with E-state index in [0.29, 0.717) is 19.4 Å². The van der Waals surface area contributed by atoms with Gasteiger partial charge in [0.25, 0.3) is 0 Å². The molecule has 1 rings (SSSR count). The van der Waals surface area contributed by atoms with Gasteiger partial charge in [0.15, 0.2) is 0 Å². The Bertz CT molecular complexity index is 322. The Morgan fingerprint density at radius 3 is 2.62 bits per heavy atom. The summed E-state index contributed by atoms with van der Waals surface area (Å²) in [6.07, 6.45) is 2.08. The molecule has 0 fully saturated rings. The lowest BCUT2D eigenvalue weighted by molar-refractivity contribution is -0.121. The van der Waals surface area contributed by atoms with Crippen molar-refractivity contribution < 1.29 is 9.53 Å². The smallest absolute Gasteiger partial charge is 0.234 e. The highest BCUT2D eigenvalue weighted by atomic mass is 16.5. The Labute approximate surface area is 95.8 Å². The van der Waals surface area contributed by atoms with Crippen molar-refractivity contribution in [1.82, 2.24) is 5.43 Å². The first-order chi connectivity index (χ1) is 7.76. The predicted molar refractivity (Wildman–Crippen MR) is 62.9 cm³/mol. The molecule has 4 nitrogen and oxygen atoms in total. The highest BCUT2D eigenvalue weighted by Gasteiger charge is 1.98. The van der Waals surface area contributed by atoms with Crippen LogP contribution in [0.2, 0.25) is 0 Å². The summed E-state index contributed by atoms with van der Waals surface area (Å²) in [4.78, 5) is 10.8. The van der Waals surface area contributed by atoms with Crippen LogP contribution in [-0.2, 0) is 11.2 Å². The van der Waals surface area contributed by atoms with Crippen LogP contribution >= 0.6 is 0 Å². The van der Waals surface area contributed by atoms with Crippen molar-refractivity contribution in [3.05, 3.63) is 29.8 Å². The van der Waals surface area contributed by atoms with Crippen molar-refractivity contribution in [1.29, 1.82) is 0 Å². The maximum absolute atomic E-state index is 10.8. The van der Waals surface area contributed by atoms with Crippen molar-refractivity contribution in [3.8, 4) is 5.75 Å². The Kier molecular flexibility index (Phi) is 5.36. The number of nitrogens with two attached hydrogens (primary N) is 1. The third-order valence-corrected chi connectivity index (χ3v) is 2.31. The van der Waals surface area contributed by atoms with Crippen LogP contribution in [0.15, 0.2) is 24.3 Å². The van der Waals surface area contributed by atoms with Gasteiger partial charge in [-0.2, -0.15) is 0 Å². The summed E-state index contributed by atoms with van der Waals surface area (Å²) in [6, 6.07) is 7.98. The van der Waals surface area contributed by atoms with Gasteiger partial charge >= 0.3 is 0 Å². The average molecular weight is 222 g/mol. The van der Waals surface area contributed by atoms with Gasteiger partial charge in [-0.3, -0.25) is 10.2 Å². The number of benzene rings is 1. The van der Waals surface area contributed by atoms with Gasteiger partial charge in [-0.15, -0.1) is 0 Å². The molecule has 0 aliphatic rings. The maximum Gasteiger partial charge on any atom is 0.234 e. The van der Waals surface area contributed by atoms with Crippen LogP contribution in [-0.4, -0.2) is 12.5 Å². The second kappa shape index (κ2) is 6.85. The van der Waals surface area contributed by atoms with Crippen molar-refractivity contribution in [2.75, 3.05) is 6.61 Å². The van der Waals surface area contributed by atoms with Crippen LogP contribution < -0.4 is 16.0 Å². The summed E-state index contributed by atoms with van der Waals surface area (Å²) in [5.74, 6) is 5.63. The lowest BCUT2D eigenvalue weighted by Crippen LogP contribution is -2.29. The number of hydrazine groups is 1. The monoisotopic (exact) mass is 222 g/mol. The SMILES string of the molecule is CCc1ccc(OCCCC(=O)NN)cc1. The van der Waals surface area contributed by atoms with Crippen molar-refractivity contribution in [2.24, 2.45) is 5.84 Å². The number of hydrogen-bond acceptors (Lipinski definition) is 3. The van der Waals surface area contributed by atoms with Crippen LogP contribution in [0.5, 0.6) is 5.75 Å². The number of nitrogens with one attached hydrogen (secondary N) is 1. The van der Waals surface area contributed by atoms with Crippen LogP contribution in [0.3, 0.4) is 0 Å². The number of carbonyl (C=O) groups excluding carboxylic acids is 1. The third-order valence-electron chi connectivity index (χ3n) is 2.31. The highest BCUT2D eigenvalue weighted by Crippen LogP contribution is 2.12. The second-order valence-corrected chi connectivity index (χ2v) is 3.52. The number of rotatable bonds is 6. The average Bonchev–Trinajstić information content (AvgIpc) is 2.35. The molecule has 4 heteroatoms. The van der Waals surface area contributed by atoms with E-state index >= 15 is 0 Å². The molecule has 0 atom stereocenters. The van der Waals surface area contributed by atoms with Crippen LogP contribution in [0.1, 0.15) is 25.3 Å². The molecule has 1 aromatic carbocycles. The van der Waals surface area contributed by atoms with Crippen LogP contribution in [0.4, 0.5) is 0 Å². The number of amides is 1. The zero-order chi connectivity index (χ0) is 11.8. The van der Waals surface area contributed by atoms with Gasteiger partial charge in [0.05, 0.1) is 6.61 Å². The molecule has 1 amide bonds. The Morgan fingerprint density at radius 1 is 1.38 bits per heavy atom. The molecule has 0 spiro atoms. The molecule has 0 saturated heterocycles. The Hall–Kier alpha value is -1.55. The molecular formula is C12H18N2O2. The van der Waals surface area contributed by atoms with E-state index in [2.05, 4.69) is 12.3 Å². The van der Waals surface area contributed by atoms with E-state index in [-0.39, 0.29) is 5.91 Å². The summed E-state index contributed by atoms with van der Waals surface area (Å²) in [5.41, 5.74) is 3.37. The Morgan fingerprint density at radius 2 is 2.06 bits per heavy atom. The van der Waals surface area contributed by atoms with E-state index in [1.807, 2.05) is 24.3 Å². The van der Waals surface area contributed by atoms with Gasteiger partial charge in [0.2, 0.25) is 5.91 Å². The van der Waals surface area contributed by atoms with E-state index in [4.69, 9.17) is 10.6 Å². The number of aryl methyl sites for hydroxylation is 1. The lowest BCUT2D eigenvalue weighted by Gasteiger charge is -2.06. The van der Waals surface area contributed by atoms with Crippen LogP contribution in [0.25, 0.3) is 0 Å². The number of carbonyl (C=O) groups is 1. The minimum Gasteiger partial charge on any atom is -0.494 e. The standard InChI is InChI=1S/C12H18N2O2/c1-2-10-5-7-11(8-6-10)16-9-3-4-12(15)14-13/h5-8H,2-4,9,13H2,1H3,(H,14,15). The summed E-state index contributed by atoms with van der Waals surface area (Å²) in [7, 11) is 0. The number of ether oxygens (including phenoxy) is 1. The lowest BCUT2D eigenvalue weighted by atomic mass is 10.2. The topological polar surface area (TPSA) is 64.3 Å². The quantitative estimate of drug-likeness (QED) is 0.331. The molecule has 0 aliphatic carbocycles. The second-order valence-electron chi connectivity index (χ2n) is 3.52. The summed E-state index contributed by atoms with van der Waals surface area (Å²) in [5, 5.41) is 0. The normalized spacial score (nSPS) is 9.88. The molecule has 88 valence electrons. The third kappa shape index (κ3) is 4.31. The summed E-state index contributed by atoms with van der Waals surface area (Å²) < 4.78 is 5.48. The molecule has 0 bridgehead atoms. The molecule has 0 heterocycles. The predicted octanol–water partition coefficient (Wildman–Crippen LogP) is 1.40. The molecular weight excluding hydrogens is 204 g/mol. The van der Waals surface area contributed by atoms with Crippen LogP contribution in [0, 0.1) is 0 Å². The van der Waals surface area contributed by atoms with Crippen molar-refractivity contribution in [2.45, 2.75) is 26.2 Å². The molecule has 0 aliphatic heterocycles. The Balaban J connectivity index is 2.24. The van der Waals surface area contributed by atoms with Crippen molar-refractivity contribution >= 4 is 5.91 Å². The maximum atomic E-state index is 10.8. The van der Waals surface area contributed by atoms with E-state index in [9.17, 15) is 4.79 Å². The first kappa shape index (κ1) is 12.5. The van der Waals surface area contributed by atoms with Gasteiger partial charge in [0, 0.05) is 6.42 Å². The largest absolute Gasteiger partial charge is 0.494 e. The van der Waals surface area contributed by atoms with Gasteiger partial charge < -0.3 is 4.74 Å². The fraction of sp³-hybridized carbons (Fsp3) is 0.417. The molecule has 0 aromatic heterocycles. The minimum absolute atomic E-state index is 0.162. The molecule has 0 unspecified atom stereocenters. The van der Waals surface area contributed by atoms with E-state index in [1.54, 1.807) is 0 Å². The number of hydrogen-bond donors (Lipinski definition) is 2. The fourth-order valence-corrected chi connectivity index (χ4v) is 1.32. The first-order valence-electron chi connectivity index (χ1n) is 5.47. The van der Waals surface area contributed by atoms with Gasteiger partial charge in [0.1, 0.15) is 5.75 Å². The van der Waals surface area contributed by atoms with Gasteiger partial charge in [-0.25, -0.2) is 5.84 Å². The van der Waals surface area contributed by atoms with Gasteiger partial charge in [-0.1, -0.05) is 19.1 Å². The van der Waals surface area contributed by atoms with E-state index in [1.165, 1.54) is 5.56 Å².